The Hall–Kier alpha value is -2.64. The molecule has 0 bridgehead atoms. The summed E-state index contributed by atoms with van der Waals surface area (Å²) in [4.78, 5) is 0. The van der Waals surface area contributed by atoms with Crippen molar-refractivity contribution in [3.63, 3.8) is 0 Å². The van der Waals surface area contributed by atoms with Crippen LogP contribution >= 0.6 is 0 Å². The number of aromatic hydroxyl groups is 1. The van der Waals surface area contributed by atoms with Crippen molar-refractivity contribution < 1.29 is 9.84 Å². The first kappa shape index (κ1) is 11.8. The smallest absolute Gasteiger partial charge is 0.283 e. The summed E-state index contributed by atoms with van der Waals surface area (Å²) in [5, 5.41) is 26.4. The molecule has 2 aromatic rings. The van der Waals surface area contributed by atoms with E-state index in [2.05, 4.69) is 31.2 Å². The van der Waals surface area contributed by atoms with Gasteiger partial charge in [-0.15, -0.1) is 5.10 Å². The first-order valence-corrected chi connectivity index (χ1v) is 5.28. The number of anilines is 1. The lowest BCUT2D eigenvalue weighted by Crippen LogP contribution is -1.95. The van der Waals surface area contributed by atoms with Crippen LogP contribution in [0.4, 0.5) is 5.95 Å². The van der Waals surface area contributed by atoms with E-state index < -0.39 is 0 Å². The SMILES string of the molecule is CCOc1cc(C=NNc2nn[nH]n2)ccc1O. The molecule has 8 heteroatoms. The number of hydrogen-bond donors (Lipinski definition) is 3. The molecule has 0 aliphatic carbocycles. The molecule has 1 heterocycles. The quantitative estimate of drug-likeness (QED) is 0.532. The van der Waals surface area contributed by atoms with E-state index in [1.165, 1.54) is 0 Å². The molecule has 8 nitrogen and oxygen atoms in total. The van der Waals surface area contributed by atoms with Gasteiger partial charge in [0.1, 0.15) is 0 Å². The maximum absolute atomic E-state index is 9.52. The van der Waals surface area contributed by atoms with Gasteiger partial charge in [-0.2, -0.15) is 10.3 Å². The highest BCUT2D eigenvalue weighted by atomic mass is 16.5. The van der Waals surface area contributed by atoms with Gasteiger partial charge < -0.3 is 9.84 Å². The number of hydrogen-bond acceptors (Lipinski definition) is 7. The molecule has 94 valence electrons. The number of phenols is 1. The van der Waals surface area contributed by atoms with Crippen molar-refractivity contribution in [2.24, 2.45) is 5.10 Å². The molecule has 18 heavy (non-hydrogen) atoms. The molecule has 1 aromatic heterocycles. The second-order valence-corrected chi connectivity index (χ2v) is 3.27. The zero-order chi connectivity index (χ0) is 12.8. The summed E-state index contributed by atoms with van der Waals surface area (Å²) in [7, 11) is 0. The predicted molar refractivity (Wildman–Crippen MR) is 64.7 cm³/mol. The molecule has 0 saturated heterocycles. The Labute approximate surface area is 103 Å². The van der Waals surface area contributed by atoms with Crippen LogP contribution in [0.15, 0.2) is 23.3 Å². The number of rotatable bonds is 5. The van der Waals surface area contributed by atoms with Crippen molar-refractivity contribution in [1.82, 2.24) is 20.6 Å². The van der Waals surface area contributed by atoms with E-state index in [4.69, 9.17) is 4.74 Å². The van der Waals surface area contributed by atoms with Crippen molar-refractivity contribution in [3.8, 4) is 11.5 Å². The summed E-state index contributed by atoms with van der Waals surface area (Å²) in [6.07, 6.45) is 1.55. The Balaban J connectivity index is 2.04. The predicted octanol–water partition coefficient (Wildman–Crippen LogP) is 0.750. The number of H-pyrrole nitrogens is 1. The van der Waals surface area contributed by atoms with E-state index >= 15 is 0 Å². The van der Waals surface area contributed by atoms with Crippen LogP contribution in [-0.2, 0) is 0 Å². The number of tetrazole rings is 1. The van der Waals surface area contributed by atoms with Gasteiger partial charge in [-0.1, -0.05) is 5.10 Å². The topological polar surface area (TPSA) is 108 Å². The average Bonchev–Trinajstić information content (AvgIpc) is 2.87. The molecule has 0 fully saturated rings. The maximum atomic E-state index is 9.52. The zero-order valence-electron chi connectivity index (χ0n) is 9.66. The number of aromatic nitrogens is 4. The van der Waals surface area contributed by atoms with Gasteiger partial charge in [0.25, 0.3) is 5.95 Å². The minimum Gasteiger partial charge on any atom is -0.504 e. The van der Waals surface area contributed by atoms with Crippen LogP contribution in [-0.4, -0.2) is 38.6 Å². The molecular weight excluding hydrogens is 236 g/mol. The number of ether oxygens (including phenoxy) is 1. The molecule has 2 rings (SSSR count). The molecule has 0 aliphatic rings. The van der Waals surface area contributed by atoms with Crippen LogP contribution in [0.2, 0.25) is 0 Å². The van der Waals surface area contributed by atoms with Gasteiger partial charge in [0.2, 0.25) is 0 Å². The Morgan fingerprint density at radius 3 is 3.17 bits per heavy atom. The summed E-state index contributed by atoms with van der Waals surface area (Å²) in [5.74, 6) is 0.788. The van der Waals surface area contributed by atoms with E-state index in [9.17, 15) is 5.11 Å². The standard InChI is InChI=1S/C10H12N6O2/c1-2-18-9-5-7(3-4-8(9)17)6-11-12-10-13-15-16-14-10/h3-6,17H,2H2,1H3,(H2,12,13,14,15,16). The summed E-state index contributed by atoms with van der Waals surface area (Å²) in [6, 6.07) is 4.93. The third kappa shape index (κ3) is 2.94. The Bertz CT molecular complexity index is 525. The summed E-state index contributed by atoms with van der Waals surface area (Å²) >= 11 is 0. The molecule has 1 aromatic carbocycles. The minimum absolute atomic E-state index is 0.0973. The van der Waals surface area contributed by atoms with Gasteiger partial charge in [0.05, 0.1) is 12.8 Å². The lowest BCUT2D eigenvalue weighted by Gasteiger charge is -2.05. The number of benzene rings is 1. The minimum atomic E-state index is 0.0973. The van der Waals surface area contributed by atoms with Crippen LogP contribution in [0.5, 0.6) is 11.5 Å². The number of phenolic OH excluding ortho intramolecular Hbond substituents is 1. The molecule has 0 saturated carbocycles. The number of nitrogens with zero attached hydrogens (tertiary/aromatic N) is 4. The summed E-state index contributed by atoms with van der Waals surface area (Å²) in [5.41, 5.74) is 3.36. The van der Waals surface area contributed by atoms with E-state index in [0.717, 1.165) is 5.56 Å². The van der Waals surface area contributed by atoms with E-state index in [1.54, 1.807) is 24.4 Å². The molecule has 3 N–H and O–H groups in total. The molecule has 0 aliphatic heterocycles. The Kier molecular flexibility index (Phi) is 3.69. The second kappa shape index (κ2) is 5.62. The highest BCUT2D eigenvalue weighted by Gasteiger charge is 2.02. The van der Waals surface area contributed by atoms with E-state index in [1.807, 2.05) is 6.92 Å². The van der Waals surface area contributed by atoms with Gasteiger partial charge in [-0.3, -0.25) is 0 Å². The van der Waals surface area contributed by atoms with Crippen LogP contribution in [0.3, 0.4) is 0 Å². The van der Waals surface area contributed by atoms with E-state index in [-0.39, 0.29) is 11.7 Å². The summed E-state index contributed by atoms with van der Waals surface area (Å²) in [6.45, 7) is 2.33. The van der Waals surface area contributed by atoms with Crippen LogP contribution in [0, 0.1) is 0 Å². The maximum Gasteiger partial charge on any atom is 0.283 e. The molecule has 0 radical (unpaired) electrons. The third-order valence-electron chi connectivity index (χ3n) is 2.01. The van der Waals surface area contributed by atoms with Crippen molar-refractivity contribution in [3.05, 3.63) is 23.8 Å². The van der Waals surface area contributed by atoms with Crippen molar-refractivity contribution in [2.75, 3.05) is 12.0 Å². The van der Waals surface area contributed by atoms with Crippen LogP contribution < -0.4 is 10.2 Å². The number of aromatic amines is 1. The Morgan fingerprint density at radius 2 is 2.44 bits per heavy atom. The first-order valence-electron chi connectivity index (χ1n) is 5.28. The third-order valence-corrected chi connectivity index (χ3v) is 2.01. The fraction of sp³-hybridized carbons (Fsp3) is 0.200. The number of nitrogens with one attached hydrogen (secondary N) is 2. The lowest BCUT2D eigenvalue weighted by molar-refractivity contribution is 0.318. The van der Waals surface area contributed by atoms with Gasteiger partial charge in [-0.05, 0) is 35.9 Å². The van der Waals surface area contributed by atoms with Crippen molar-refractivity contribution in [1.29, 1.82) is 0 Å². The summed E-state index contributed by atoms with van der Waals surface area (Å²) < 4.78 is 5.26. The zero-order valence-corrected chi connectivity index (χ0v) is 9.66. The highest BCUT2D eigenvalue weighted by molar-refractivity contribution is 5.81. The molecule has 0 amide bonds. The first-order chi connectivity index (χ1) is 8.79. The molecule has 0 unspecified atom stereocenters. The molecular formula is C10H12N6O2. The largest absolute Gasteiger partial charge is 0.504 e. The fourth-order valence-corrected chi connectivity index (χ4v) is 1.26. The van der Waals surface area contributed by atoms with Crippen LogP contribution in [0.25, 0.3) is 0 Å². The normalized spacial score (nSPS) is 10.7. The van der Waals surface area contributed by atoms with Crippen molar-refractivity contribution >= 4 is 12.2 Å². The van der Waals surface area contributed by atoms with E-state index in [0.29, 0.717) is 12.4 Å². The fourth-order valence-electron chi connectivity index (χ4n) is 1.26. The lowest BCUT2D eigenvalue weighted by atomic mass is 10.2. The van der Waals surface area contributed by atoms with Crippen molar-refractivity contribution in [2.45, 2.75) is 6.92 Å². The van der Waals surface area contributed by atoms with Gasteiger partial charge in [-0.25, -0.2) is 5.43 Å². The highest BCUT2D eigenvalue weighted by Crippen LogP contribution is 2.26. The number of hydrazone groups is 1. The van der Waals surface area contributed by atoms with Gasteiger partial charge in [0.15, 0.2) is 11.5 Å². The monoisotopic (exact) mass is 248 g/mol. The van der Waals surface area contributed by atoms with Gasteiger partial charge >= 0.3 is 0 Å². The molecule has 0 spiro atoms. The van der Waals surface area contributed by atoms with Crippen LogP contribution in [0.1, 0.15) is 12.5 Å². The van der Waals surface area contributed by atoms with Gasteiger partial charge in [0, 0.05) is 0 Å². The second-order valence-electron chi connectivity index (χ2n) is 3.27. The average molecular weight is 248 g/mol. The Morgan fingerprint density at radius 1 is 1.56 bits per heavy atom. The molecule has 0 atom stereocenters.